The van der Waals surface area contributed by atoms with Crippen LogP contribution in [0, 0.1) is 0 Å². The molecule has 0 aliphatic carbocycles. The Labute approximate surface area is 161 Å². The second-order valence-electron chi connectivity index (χ2n) is 6.61. The van der Waals surface area contributed by atoms with Crippen molar-refractivity contribution in [2.75, 3.05) is 20.2 Å². The minimum Gasteiger partial charge on any atom is -0.496 e. The zero-order chi connectivity index (χ0) is 18.6. The van der Waals surface area contributed by atoms with E-state index in [0.29, 0.717) is 23.7 Å². The van der Waals surface area contributed by atoms with Gasteiger partial charge in [-0.15, -0.1) is 11.3 Å². The van der Waals surface area contributed by atoms with Gasteiger partial charge in [0.25, 0.3) is 5.91 Å². The number of amides is 1. The quantitative estimate of drug-likeness (QED) is 0.671. The Morgan fingerprint density at radius 1 is 1.37 bits per heavy atom. The van der Waals surface area contributed by atoms with Crippen molar-refractivity contribution in [2.45, 2.75) is 25.2 Å². The van der Waals surface area contributed by atoms with Crippen molar-refractivity contribution in [2.24, 2.45) is 0 Å². The van der Waals surface area contributed by atoms with Crippen LogP contribution in [0.15, 0.2) is 46.6 Å². The molecule has 4 rings (SSSR count). The van der Waals surface area contributed by atoms with Crippen LogP contribution in [0.25, 0.3) is 0 Å². The van der Waals surface area contributed by atoms with Crippen molar-refractivity contribution >= 4 is 17.2 Å². The maximum absolute atomic E-state index is 12.6. The van der Waals surface area contributed by atoms with Crippen molar-refractivity contribution < 1.29 is 13.9 Å². The summed E-state index contributed by atoms with van der Waals surface area (Å²) in [7, 11) is 1.67. The Morgan fingerprint density at radius 3 is 3.07 bits per heavy atom. The summed E-state index contributed by atoms with van der Waals surface area (Å²) in [5.41, 5.74) is 2.75. The number of benzene rings is 1. The highest BCUT2D eigenvalue weighted by Gasteiger charge is 2.29. The van der Waals surface area contributed by atoms with E-state index in [-0.39, 0.29) is 11.8 Å². The molecule has 1 aliphatic rings. The SMILES string of the molecule is COc1ccccc1Cc1cnc([C@H]2CCCN(C(=O)c3cncs3)C2)o1. The zero-order valence-electron chi connectivity index (χ0n) is 15.1. The predicted molar refractivity (Wildman–Crippen MR) is 102 cm³/mol. The van der Waals surface area contributed by atoms with Crippen LogP contribution >= 0.6 is 11.3 Å². The normalized spacial score (nSPS) is 17.1. The first-order valence-electron chi connectivity index (χ1n) is 8.99. The molecule has 0 unspecified atom stereocenters. The molecular weight excluding hydrogens is 362 g/mol. The molecular formula is C20H21N3O3S. The van der Waals surface area contributed by atoms with Gasteiger partial charge in [-0.3, -0.25) is 9.78 Å². The molecule has 0 saturated carbocycles. The highest BCUT2D eigenvalue weighted by atomic mass is 32.1. The van der Waals surface area contributed by atoms with Gasteiger partial charge < -0.3 is 14.1 Å². The van der Waals surface area contributed by atoms with E-state index < -0.39 is 0 Å². The van der Waals surface area contributed by atoms with Crippen LogP contribution < -0.4 is 4.74 Å². The number of hydrogen-bond donors (Lipinski definition) is 0. The van der Waals surface area contributed by atoms with Gasteiger partial charge in [-0.25, -0.2) is 4.98 Å². The fourth-order valence-corrected chi connectivity index (χ4v) is 4.06. The van der Waals surface area contributed by atoms with Crippen LogP contribution in [0.1, 0.15) is 45.6 Å². The molecule has 0 spiro atoms. The Morgan fingerprint density at radius 2 is 2.26 bits per heavy atom. The van der Waals surface area contributed by atoms with E-state index >= 15 is 0 Å². The summed E-state index contributed by atoms with van der Waals surface area (Å²) >= 11 is 1.38. The first-order valence-corrected chi connectivity index (χ1v) is 9.87. The zero-order valence-corrected chi connectivity index (χ0v) is 15.9. The van der Waals surface area contributed by atoms with Gasteiger partial charge in [0.1, 0.15) is 16.4 Å². The first-order chi connectivity index (χ1) is 13.2. The number of ether oxygens (including phenoxy) is 1. The molecule has 1 atom stereocenters. The number of piperidine rings is 1. The summed E-state index contributed by atoms with van der Waals surface area (Å²) in [6.07, 6.45) is 5.96. The monoisotopic (exact) mass is 383 g/mol. The van der Waals surface area contributed by atoms with Crippen LogP contribution in [0.4, 0.5) is 0 Å². The molecule has 1 aliphatic heterocycles. The van der Waals surface area contributed by atoms with E-state index in [0.717, 1.165) is 36.5 Å². The van der Waals surface area contributed by atoms with Crippen molar-refractivity contribution in [3.8, 4) is 5.75 Å². The maximum Gasteiger partial charge on any atom is 0.265 e. The number of likely N-dealkylation sites (tertiary alicyclic amines) is 1. The van der Waals surface area contributed by atoms with Gasteiger partial charge in [-0.2, -0.15) is 0 Å². The highest BCUT2D eigenvalue weighted by molar-refractivity contribution is 7.11. The van der Waals surface area contributed by atoms with Gasteiger partial charge in [0, 0.05) is 25.1 Å². The summed E-state index contributed by atoms with van der Waals surface area (Å²) in [5, 5.41) is 0. The molecule has 3 aromatic rings. The fraction of sp³-hybridized carbons (Fsp3) is 0.350. The van der Waals surface area contributed by atoms with Gasteiger partial charge in [0.05, 0.1) is 30.9 Å². The summed E-state index contributed by atoms with van der Waals surface area (Å²) < 4.78 is 11.4. The number of nitrogens with zero attached hydrogens (tertiary/aromatic N) is 3. The molecule has 1 amide bonds. The maximum atomic E-state index is 12.6. The number of hydrogen-bond acceptors (Lipinski definition) is 6. The number of thiazole rings is 1. The van der Waals surface area contributed by atoms with Crippen LogP contribution in [0.5, 0.6) is 5.75 Å². The van der Waals surface area contributed by atoms with Gasteiger partial charge in [-0.05, 0) is 18.9 Å². The lowest BCUT2D eigenvalue weighted by atomic mass is 9.98. The van der Waals surface area contributed by atoms with Gasteiger partial charge in [0.15, 0.2) is 5.89 Å². The first kappa shape index (κ1) is 17.7. The average molecular weight is 383 g/mol. The molecule has 1 aromatic carbocycles. The van der Waals surface area contributed by atoms with Crippen molar-refractivity contribution in [3.05, 3.63) is 64.3 Å². The Hall–Kier alpha value is -2.67. The molecule has 0 bridgehead atoms. The third-order valence-electron chi connectivity index (χ3n) is 4.83. The van der Waals surface area contributed by atoms with E-state index in [2.05, 4.69) is 9.97 Å². The number of rotatable bonds is 5. The molecule has 2 aromatic heterocycles. The minimum absolute atomic E-state index is 0.0444. The van der Waals surface area contributed by atoms with E-state index in [1.165, 1.54) is 11.3 Å². The molecule has 0 N–H and O–H groups in total. The summed E-state index contributed by atoms with van der Waals surface area (Å²) in [5.74, 6) is 2.53. The minimum atomic E-state index is 0.0444. The molecule has 27 heavy (non-hydrogen) atoms. The molecule has 140 valence electrons. The lowest BCUT2D eigenvalue weighted by Crippen LogP contribution is -2.38. The summed E-state index contributed by atoms with van der Waals surface area (Å²) in [6.45, 7) is 1.40. The molecule has 1 saturated heterocycles. The van der Waals surface area contributed by atoms with E-state index in [9.17, 15) is 4.79 Å². The third-order valence-corrected chi connectivity index (χ3v) is 5.59. The summed E-state index contributed by atoms with van der Waals surface area (Å²) in [4.78, 5) is 23.6. The Kier molecular flexibility index (Phi) is 5.20. The molecule has 1 fully saturated rings. The number of methoxy groups -OCH3 is 1. The highest BCUT2D eigenvalue weighted by Crippen LogP contribution is 2.29. The third kappa shape index (κ3) is 3.88. The largest absolute Gasteiger partial charge is 0.496 e. The van der Waals surface area contributed by atoms with Gasteiger partial charge in [-0.1, -0.05) is 18.2 Å². The van der Waals surface area contributed by atoms with Crippen molar-refractivity contribution in [1.29, 1.82) is 0 Å². The molecule has 6 nitrogen and oxygen atoms in total. The Balaban J connectivity index is 1.45. The molecule has 0 radical (unpaired) electrons. The van der Waals surface area contributed by atoms with Gasteiger partial charge >= 0.3 is 0 Å². The van der Waals surface area contributed by atoms with Crippen molar-refractivity contribution in [3.63, 3.8) is 0 Å². The second-order valence-corrected chi connectivity index (χ2v) is 7.50. The lowest BCUT2D eigenvalue weighted by Gasteiger charge is -2.30. The lowest BCUT2D eigenvalue weighted by molar-refractivity contribution is 0.0702. The van der Waals surface area contributed by atoms with E-state index in [1.807, 2.05) is 29.2 Å². The fourth-order valence-electron chi connectivity index (χ4n) is 3.47. The smallest absolute Gasteiger partial charge is 0.265 e. The number of oxazole rings is 1. The van der Waals surface area contributed by atoms with Crippen LogP contribution in [0.3, 0.4) is 0 Å². The standard InChI is InChI=1S/C20H21N3O3S/c1-25-17-7-3-2-5-14(17)9-16-10-22-19(26-16)15-6-4-8-23(12-15)20(24)18-11-21-13-27-18/h2-3,5,7,10-11,13,15H,4,6,8-9,12H2,1H3/t15-/m0/s1. The number of aromatic nitrogens is 2. The number of para-hydroxylation sites is 1. The topological polar surface area (TPSA) is 68.5 Å². The van der Waals surface area contributed by atoms with Gasteiger partial charge in [0.2, 0.25) is 0 Å². The van der Waals surface area contributed by atoms with Crippen LogP contribution in [-0.4, -0.2) is 41.0 Å². The van der Waals surface area contributed by atoms with Crippen molar-refractivity contribution in [1.82, 2.24) is 14.9 Å². The average Bonchev–Trinajstić information content (AvgIpc) is 3.40. The van der Waals surface area contributed by atoms with Crippen LogP contribution in [0.2, 0.25) is 0 Å². The molecule has 3 heterocycles. The number of carbonyl (C=O) groups is 1. The Bertz CT molecular complexity index is 907. The van der Waals surface area contributed by atoms with Crippen LogP contribution in [-0.2, 0) is 6.42 Å². The predicted octanol–water partition coefficient (Wildman–Crippen LogP) is 3.75. The summed E-state index contributed by atoms with van der Waals surface area (Å²) in [6, 6.07) is 7.90. The number of carbonyl (C=O) groups excluding carboxylic acids is 1. The second kappa shape index (κ2) is 7.92. The molecule has 7 heteroatoms. The van der Waals surface area contributed by atoms with E-state index in [1.54, 1.807) is 25.0 Å². The van der Waals surface area contributed by atoms with E-state index in [4.69, 9.17) is 9.15 Å².